The quantitative estimate of drug-likeness (QED) is 0.912. The summed E-state index contributed by atoms with van der Waals surface area (Å²) in [5.41, 5.74) is 1.32. The van der Waals surface area contributed by atoms with Crippen molar-refractivity contribution in [3.05, 3.63) is 41.7 Å². The second-order valence-corrected chi connectivity index (χ2v) is 7.24. The molecule has 0 aliphatic heterocycles. The van der Waals surface area contributed by atoms with E-state index in [1.807, 2.05) is 18.2 Å². The zero-order valence-electron chi connectivity index (χ0n) is 11.2. The third-order valence-corrected chi connectivity index (χ3v) is 3.15. The van der Waals surface area contributed by atoms with Crippen molar-refractivity contribution in [1.82, 2.24) is 15.2 Å². The number of rotatable bonds is 5. The van der Waals surface area contributed by atoms with Crippen LogP contribution < -0.4 is 0 Å². The van der Waals surface area contributed by atoms with Crippen molar-refractivity contribution >= 4 is 15.7 Å². The predicted molar refractivity (Wildman–Crippen MR) is 76.9 cm³/mol. The van der Waals surface area contributed by atoms with E-state index in [2.05, 4.69) is 31.7 Å². The van der Waals surface area contributed by atoms with Crippen LogP contribution in [0.15, 0.2) is 34.7 Å². The second kappa shape index (κ2) is 5.97. The fraction of sp³-hybridized carbons (Fsp3) is 0.385. The molecule has 6 heteroatoms. The largest absolute Gasteiger partial charge is 0.276 e. The molecule has 0 saturated carbocycles. The maximum absolute atomic E-state index is 11.5. The van der Waals surface area contributed by atoms with Gasteiger partial charge in [0, 0.05) is 28.7 Å². The van der Waals surface area contributed by atoms with Crippen molar-refractivity contribution < 1.29 is 4.21 Å². The molecular formula is C13H18N4OS. The van der Waals surface area contributed by atoms with E-state index in [4.69, 9.17) is 0 Å². The molecular weight excluding hydrogens is 260 g/mol. The van der Waals surface area contributed by atoms with E-state index in [1.165, 1.54) is 5.56 Å². The Bertz CT molecular complexity index is 634. The molecule has 0 saturated heterocycles. The Labute approximate surface area is 113 Å². The average Bonchev–Trinajstić information content (AvgIpc) is 2.76. The first kappa shape index (κ1) is 13.7. The van der Waals surface area contributed by atoms with E-state index in [9.17, 15) is 4.21 Å². The van der Waals surface area contributed by atoms with Crippen LogP contribution in [-0.2, 0) is 22.6 Å². The van der Waals surface area contributed by atoms with Gasteiger partial charge in [-0.1, -0.05) is 30.3 Å². The molecule has 0 spiro atoms. The second-order valence-electron chi connectivity index (χ2n) is 4.69. The highest BCUT2D eigenvalue weighted by atomic mass is 32.2. The van der Waals surface area contributed by atoms with E-state index >= 15 is 0 Å². The topological polar surface area (TPSA) is 71.0 Å². The first-order valence-electron chi connectivity index (χ1n) is 6.15. The van der Waals surface area contributed by atoms with Crippen LogP contribution in [0.1, 0.15) is 17.8 Å². The molecule has 0 atom stereocenters. The van der Waals surface area contributed by atoms with Crippen molar-refractivity contribution in [3.8, 4) is 0 Å². The molecule has 0 amide bonds. The monoisotopic (exact) mass is 278 g/mol. The van der Waals surface area contributed by atoms with E-state index < -0.39 is 9.73 Å². The summed E-state index contributed by atoms with van der Waals surface area (Å²) in [7, 11) is -2.20. The van der Waals surface area contributed by atoms with Gasteiger partial charge in [0.1, 0.15) is 5.82 Å². The lowest BCUT2D eigenvalue weighted by atomic mass is 10.1. The molecule has 5 nitrogen and oxygen atoms in total. The fourth-order valence-corrected chi connectivity index (χ4v) is 2.21. The molecule has 0 bridgehead atoms. The molecule has 0 fully saturated rings. The Morgan fingerprint density at radius 2 is 1.95 bits per heavy atom. The van der Waals surface area contributed by atoms with Gasteiger partial charge in [-0.3, -0.25) is 5.10 Å². The van der Waals surface area contributed by atoms with Crippen molar-refractivity contribution in [2.24, 2.45) is 4.36 Å². The minimum absolute atomic E-state index is 0.282. The van der Waals surface area contributed by atoms with Crippen LogP contribution in [0.25, 0.3) is 0 Å². The number of nitrogens with one attached hydrogen (secondary N) is 1. The highest BCUT2D eigenvalue weighted by Gasteiger charge is 2.03. The number of aryl methyl sites for hydroxylation is 2. The Balaban J connectivity index is 1.89. The number of aromatic amines is 1. The van der Waals surface area contributed by atoms with Crippen LogP contribution in [0, 0.1) is 0 Å². The molecule has 1 heterocycles. The SMILES string of the molecule is CS(C)(=O)=Nc1n[nH]c(CCCc2ccccc2)n1. The molecule has 0 unspecified atom stereocenters. The number of H-pyrrole nitrogens is 1. The maximum atomic E-state index is 11.5. The van der Waals surface area contributed by atoms with Gasteiger partial charge in [0.25, 0.3) is 5.95 Å². The minimum Gasteiger partial charge on any atom is -0.261 e. The molecule has 1 aromatic carbocycles. The number of hydrogen-bond acceptors (Lipinski definition) is 4. The van der Waals surface area contributed by atoms with Crippen molar-refractivity contribution in [1.29, 1.82) is 0 Å². The van der Waals surface area contributed by atoms with Crippen LogP contribution in [0.2, 0.25) is 0 Å². The number of hydrogen-bond donors (Lipinski definition) is 1. The van der Waals surface area contributed by atoms with E-state index in [0.29, 0.717) is 0 Å². The van der Waals surface area contributed by atoms with Gasteiger partial charge < -0.3 is 0 Å². The van der Waals surface area contributed by atoms with Crippen LogP contribution in [0.5, 0.6) is 0 Å². The zero-order valence-corrected chi connectivity index (χ0v) is 12.0. The van der Waals surface area contributed by atoms with Gasteiger partial charge in [-0.2, -0.15) is 9.35 Å². The number of nitrogens with zero attached hydrogens (tertiary/aromatic N) is 3. The molecule has 19 heavy (non-hydrogen) atoms. The summed E-state index contributed by atoms with van der Waals surface area (Å²) in [5, 5.41) is 6.78. The molecule has 1 aromatic heterocycles. The Morgan fingerprint density at radius 3 is 2.63 bits per heavy atom. The molecule has 2 rings (SSSR count). The highest BCUT2D eigenvalue weighted by molar-refractivity contribution is 7.92. The third-order valence-electron chi connectivity index (χ3n) is 2.54. The summed E-state index contributed by atoms with van der Waals surface area (Å²) in [6.45, 7) is 0. The summed E-state index contributed by atoms with van der Waals surface area (Å²) in [6.07, 6.45) is 5.95. The minimum atomic E-state index is -2.20. The zero-order chi connectivity index (χ0) is 13.7. The van der Waals surface area contributed by atoms with E-state index in [-0.39, 0.29) is 5.95 Å². The normalized spacial score (nSPS) is 11.5. The van der Waals surface area contributed by atoms with E-state index in [0.717, 1.165) is 25.1 Å². The van der Waals surface area contributed by atoms with Gasteiger partial charge in [-0.15, -0.1) is 5.10 Å². The summed E-state index contributed by atoms with van der Waals surface area (Å²) in [6, 6.07) is 10.3. The van der Waals surface area contributed by atoms with Gasteiger partial charge in [0.05, 0.1) is 0 Å². The predicted octanol–water partition coefficient (Wildman–Crippen LogP) is 2.34. The average molecular weight is 278 g/mol. The lowest BCUT2D eigenvalue weighted by molar-refractivity contribution is 0.684. The first-order chi connectivity index (χ1) is 9.03. The number of benzene rings is 1. The first-order valence-corrected chi connectivity index (χ1v) is 8.48. The molecule has 0 aliphatic carbocycles. The summed E-state index contributed by atoms with van der Waals surface area (Å²) in [4.78, 5) is 4.21. The summed E-state index contributed by atoms with van der Waals surface area (Å²) >= 11 is 0. The maximum Gasteiger partial charge on any atom is 0.276 e. The molecule has 0 aliphatic rings. The molecule has 102 valence electrons. The fourth-order valence-electron chi connectivity index (χ4n) is 1.74. The smallest absolute Gasteiger partial charge is 0.261 e. The molecule has 1 N–H and O–H groups in total. The van der Waals surface area contributed by atoms with Crippen molar-refractivity contribution in [2.45, 2.75) is 19.3 Å². The summed E-state index contributed by atoms with van der Waals surface area (Å²) < 4.78 is 15.5. The van der Waals surface area contributed by atoms with Gasteiger partial charge in [-0.05, 0) is 18.4 Å². The lowest BCUT2D eigenvalue weighted by Crippen LogP contribution is -1.92. The highest BCUT2D eigenvalue weighted by Crippen LogP contribution is 2.09. The molecule has 2 aromatic rings. The van der Waals surface area contributed by atoms with Crippen LogP contribution in [-0.4, -0.2) is 31.9 Å². The van der Waals surface area contributed by atoms with Crippen LogP contribution in [0.3, 0.4) is 0 Å². The Hall–Kier alpha value is -1.69. The Kier molecular flexibility index (Phi) is 4.31. The van der Waals surface area contributed by atoms with Gasteiger partial charge in [0.15, 0.2) is 0 Å². The van der Waals surface area contributed by atoms with E-state index in [1.54, 1.807) is 12.5 Å². The van der Waals surface area contributed by atoms with Crippen molar-refractivity contribution in [3.63, 3.8) is 0 Å². The molecule has 0 radical (unpaired) electrons. The standard InChI is InChI=1S/C13H18N4OS/c1-19(2,18)17-13-14-12(15-16-13)10-6-9-11-7-4-3-5-8-11/h3-5,7-8H,6,9-10H2,1-2H3,(H,14,15,16). The van der Waals surface area contributed by atoms with Crippen LogP contribution in [0.4, 0.5) is 5.95 Å². The van der Waals surface area contributed by atoms with Gasteiger partial charge >= 0.3 is 0 Å². The van der Waals surface area contributed by atoms with Crippen molar-refractivity contribution in [2.75, 3.05) is 12.5 Å². The third kappa shape index (κ3) is 4.82. The lowest BCUT2D eigenvalue weighted by Gasteiger charge is -1.98. The van der Waals surface area contributed by atoms with Crippen LogP contribution >= 0.6 is 0 Å². The summed E-state index contributed by atoms with van der Waals surface area (Å²) in [5.74, 6) is 1.07. The van der Waals surface area contributed by atoms with Gasteiger partial charge in [0.2, 0.25) is 0 Å². The number of aromatic nitrogens is 3. The Morgan fingerprint density at radius 1 is 1.21 bits per heavy atom. The van der Waals surface area contributed by atoms with Gasteiger partial charge in [-0.25, -0.2) is 4.21 Å².